The van der Waals surface area contributed by atoms with Crippen molar-refractivity contribution in [2.24, 2.45) is 0 Å². The van der Waals surface area contributed by atoms with Gasteiger partial charge in [0.2, 0.25) is 5.91 Å². The number of rotatable bonds is 8. The highest BCUT2D eigenvalue weighted by Gasteiger charge is 2.16. The summed E-state index contributed by atoms with van der Waals surface area (Å²) >= 11 is 0. The first-order valence-electron chi connectivity index (χ1n) is 8.42. The molecule has 0 heterocycles. The van der Waals surface area contributed by atoms with Crippen LogP contribution < -0.4 is 10.6 Å². The van der Waals surface area contributed by atoms with E-state index in [0.717, 1.165) is 6.54 Å². The molecular weight excluding hydrogens is 348 g/mol. The van der Waals surface area contributed by atoms with Gasteiger partial charge in [0, 0.05) is 36.0 Å². The third-order valence-corrected chi connectivity index (χ3v) is 3.79. The first-order valence-corrected chi connectivity index (χ1v) is 8.42. The van der Waals surface area contributed by atoms with Gasteiger partial charge in [0.1, 0.15) is 0 Å². The summed E-state index contributed by atoms with van der Waals surface area (Å²) in [5.74, 6) is -0.624. The van der Waals surface area contributed by atoms with Gasteiger partial charge in [-0.05, 0) is 32.3 Å². The second-order valence-electron chi connectivity index (χ2n) is 6.25. The van der Waals surface area contributed by atoms with Crippen LogP contribution in [0.15, 0.2) is 48.5 Å². The van der Waals surface area contributed by atoms with Crippen molar-refractivity contribution in [3.05, 3.63) is 69.8 Å². The third-order valence-electron chi connectivity index (χ3n) is 3.79. The minimum absolute atomic E-state index is 0.0957. The second kappa shape index (κ2) is 9.44. The van der Waals surface area contributed by atoms with Crippen molar-refractivity contribution >= 4 is 23.2 Å². The van der Waals surface area contributed by atoms with E-state index in [0.29, 0.717) is 23.4 Å². The van der Waals surface area contributed by atoms with Crippen molar-refractivity contribution in [2.75, 3.05) is 32.5 Å². The van der Waals surface area contributed by atoms with Crippen LogP contribution in [0.2, 0.25) is 0 Å². The summed E-state index contributed by atoms with van der Waals surface area (Å²) in [7, 11) is 3.83. The Kier molecular flexibility index (Phi) is 7.01. The van der Waals surface area contributed by atoms with Crippen LogP contribution in [0.3, 0.4) is 0 Å². The Labute approximate surface area is 157 Å². The summed E-state index contributed by atoms with van der Waals surface area (Å²) in [6, 6.07) is 12.7. The van der Waals surface area contributed by atoms with Crippen LogP contribution in [0.25, 0.3) is 0 Å². The third kappa shape index (κ3) is 6.19. The smallest absolute Gasteiger partial charge is 0.273 e. The zero-order valence-electron chi connectivity index (χ0n) is 15.3. The zero-order valence-corrected chi connectivity index (χ0v) is 15.3. The standard InChI is InChI=1S/C19H22N4O4/c1-22(2)11-10-20-19(25)15-7-5-8-16(12-15)21-18(24)13-14-6-3-4-9-17(14)23(26)27/h3-9,12H,10-11,13H2,1-2H3,(H,20,25)(H,21,24). The number of nitro groups is 1. The molecule has 142 valence electrons. The predicted octanol–water partition coefficient (Wildman–Crippen LogP) is 2.07. The van der Waals surface area contributed by atoms with E-state index >= 15 is 0 Å². The highest BCUT2D eigenvalue weighted by Crippen LogP contribution is 2.19. The van der Waals surface area contributed by atoms with E-state index < -0.39 is 10.8 Å². The molecule has 0 spiro atoms. The maximum absolute atomic E-state index is 12.2. The van der Waals surface area contributed by atoms with Gasteiger partial charge in [-0.1, -0.05) is 24.3 Å². The van der Waals surface area contributed by atoms with Crippen LogP contribution in [0.4, 0.5) is 11.4 Å². The molecule has 0 aliphatic rings. The Morgan fingerprint density at radius 3 is 2.56 bits per heavy atom. The van der Waals surface area contributed by atoms with E-state index in [9.17, 15) is 19.7 Å². The highest BCUT2D eigenvalue weighted by molar-refractivity contribution is 5.97. The molecule has 0 bridgehead atoms. The number of hydrogen-bond donors (Lipinski definition) is 2. The molecule has 2 amide bonds. The molecule has 0 saturated heterocycles. The number of benzene rings is 2. The number of likely N-dealkylation sites (N-methyl/N-ethyl adjacent to an activating group) is 1. The number of carbonyl (C=O) groups excluding carboxylic acids is 2. The Bertz CT molecular complexity index is 836. The molecule has 0 saturated carbocycles. The van der Waals surface area contributed by atoms with E-state index in [1.807, 2.05) is 19.0 Å². The van der Waals surface area contributed by atoms with Crippen molar-refractivity contribution in [3.8, 4) is 0 Å². The fraction of sp³-hybridized carbons (Fsp3) is 0.263. The molecule has 0 aromatic heterocycles. The van der Waals surface area contributed by atoms with Crippen molar-refractivity contribution in [1.29, 1.82) is 0 Å². The molecule has 2 aromatic carbocycles. The largest absolute Gasteiger partial charge is 0.351 e. The van der Waals surface area contributed by atoms with Gasteiger partial charge in [0.25, 0.3) is 11.6 Å². The van der Waals surface area contributed by atoms with Gasteiger partial charge >= 0.3 is 0 Å². The van der Waals surface area contributed by atoms with E-state index in [-0.39, 0.29) is 18.0 Å². The average molecular weight is 370 g/mol. The summed E-state index contributed by atoms with van der Waals surface area (Å²) in [4.78, 5) is 36.9. The summed E-state index contributed by atoms with van der Waals surface area (Å²) in [5.41, 5.74) is 1.12. The SMILES string of the molecule is CN(C)CCNC(=O)c1cccc(NC(=O)Cc2ccccc2[N+](=O)[O-])c1. The first kappa shape index (κ1) is 20.1. The molecule has 0 aliphatic carbocycles. The molecule has 8 heteroatoms. The molecule has 0 radical (unpaired) electrons. The number of nitrogens with zero attached hydrogens (tertiary/aromatic N) is 2. The summed E-state index contributed by atoms with van der Waals surface area (Å²) in [5, 5.41) is 16.5. The van der Waals surface area contributed by atoms with Crippen molar-refractivity contribution in [2.45, 2.75) is 6.42 Å². The van der Waals surface area contributed by atoms with Gasteiger partial charge in [0.05, 0.1) is 11.3 Å². The van der Waals surface area contributed by atoms with Gasteiger partial charge in [-0.3, -0.25) is 19.7 Å². The van der Waals surface area contributed by atoms with E-state index in [1.165, 1.54) is 6.07 Å². The van der Waals surface area contributed by atoms with Crippen molar-refractivity contribution < 1.29 is 14.5 Å². The molecular formula is C19H22N4O4. The van der Waals surface area contributed by atoms with Crippen LogP contribution >= 0.6 is 0 Å². The quantitative estimate of drug-likeness (QED) is 0.547. The van der Waals surface area contributed by atoms with Crippen LogP contribution in [0.5, 0.6) is 0 Å². The van der Waals surface area contributed by atoms with Gasteiger partial charge in [0.15, 0.2) is 0 Å². The fourth-order valence-corrected chi connectivity index (χ4v) is 2.45. The number of anilines is 1. The molecule has 0 atom stereocenters. The van der Waals surface area contributed by atoms with Crippen LogP contribution in [-0.2, 0) is 11.2 Å². The Morgan fingerprint density at radius 2 is 1.85 bits per heavy atom. The Morgan fingerprint density at radius 1 is 1.11 bits per heavy atom. The number of nitro benzene ring substituents is 1. The molecule has 0 aliphatic heterocycles. The van der Waals surface area contributed by atoms with E-state index in [4.69, 9.17) is 0 Å². The number of amides is 2. The lowest BCUT2D eigenvalue weighted by Gasteiger charge is -2.11. The maximum atomic E-state index is 12.2. The average Bonchev–Trinajstić information content (AvgIpc) is 2.61. The van der Waals surface area contributed by atoms with Gasteiger partial charge in [-0.15, -0.1) is 0 Å². The van der Waals surface area contributed by atoms with Crippen LogP contribution in [0.1, 0.15) is 15.9 Å². The molecule has 0 fully saturated rings. The van der Waals surface area contributed by atoms with E-state index in [2.05, 4.69) is 10.6 Å². The lowest BCUT2D eigenvalue weighted by atomic mass is 10.1. The zero-order chi connectivity index (χ0) is 19.8. The number of nitrogens with one attached hydrogen (secondary N) is 2. The number of para-hydroxylation sites is 1. The minimum atomic E-state index is -0.513. The highest BCUT2D eigenvalue weighted by atomic mass is 16.6. The molecule has 8 nitrogen and oxygen atoms in total. The molecule has 2 rings (SSSR count). The Balaban J connectivity index is 2.00. The molecule has 2 aromatic rings. The van der Waals surface area contributed by atoms with Crippen molar-refractivity contribution in [3.63, 3.8) is 0 Å². The molecule has 27 heavy (non-hydrogen) atoms. The first-order chi connectivity index (χ1) is 12.9. The summed E-state index contributed by atoms with van der Waals surface area (Å²) in [6.45, 7) is 1.23. The predicted molar refractivity (Wildman–Crippen MR) is 103 cm³/mol. The Hall–Kier alpha value is -3.26. The number of carbonyl (C=O) groups is 2. The fourth-order valence-electron chi connectivity index (χ4n) is 2.45. The minimum Gasteiger partial charge on any atom is -0.351 e. The molecule has 0 unspecified atom stereocenters. The van der Waals surface area contributed by atoms with E-state index in [1.54, 1.807) is 42.5 Å². The second-order valence-corrected chi connectivity index (χ2v) is 6.25. The maximum Gasteiger partial charge on any atom is 0.273 e. The lowest BCUT2D eigenvalue weighted by molar-refractivity contribution is -0.385. The molecule has 2 N–H and O–H groups in total. The van der Waals surface area contributed by atoms with Gasteiger partial charge < -0.3 is 15.5 Å². The van der Waals surface area contributed by atoms with Crippen LogP contribution in [-0.4, -0.2) is 48.8 Å². The lowest BCUT2D eigenvalue weighted by Crippen LogP contribution is -2.31. The summed E-state index contributed by atoms with van der Waals surface area (Å²) < 4.78 is 0. The normalized spacial score (nSPS) is 10.5. The van der Waals surface area contributed by atoms with Gasteiger partial charge in [-0.2, -0.15) is 0 Å². The van der Waals surface area contributed by atoms with Crippen LogP contribution in [0, 0.1) is 10.1 Å². The van der Waals surface area contributed by atoms with Crippen molar-refractivity contribution in [1.82, 2.24) is 10.2 Å². The summed E-state index contributed by atoms with van der Waals surface area (Å²) in [6.07, 6.45) is -0.129. The number of hydrogen-bond acceptors (Lipinski definition) is 5. The van der Waals surface area contributed by atoms with Gasteiger partial charge in [-0.25, -0.2) is 0 Å². The topological polar surface area (TPSA) is 105 Å². The monoisotopic (exact) mass is 370 g/mol.